The molecule has 1 heteroatoms. The molecule has 0 amide bonds. The average Bonchev–Trinajstić information content (AvgIpc) is 3.46. The monoisotopic (exact) mass is 542 g/mol. The molecule has 9 aromatic rings. The summed E-state index contributed by atoms with van der Waals surface area (Å²) < 4.78 is 6.86. The summed E-state index contributed by atoms with van der Waals surface area (Å²) in [7, 11) is 0. The number of hydrogen-bond donors (Lipinski definition) is 0. The summed E-state index contributed by atoms with van der Waals surface area (Å²) in [6.07, 6.45) is 0. The van der Waals surface area contributed by atoms with E-state index in [4.69, 9.17) is 4.42 Å². The smallest absolute Gasteiger partial charge is 0.185 e. The van der Waals surface area contributed by atoms with Gasteiger partial charge in [-0.3, -0.25) is 0 Å². The van der Waals surface area contributed by atoms with Crippen molar-refractivity contribution in [3.8, 4) is 33.6 Å². The molecule has 1 aromatic heterocycles. The van der Waals surface area contributed by atoms with Crippen molar-refractivity contribution in [2.24, 2.45) is 0 Å². The topological polar surface area (TPSA) is 13.1 Å². The van der Waals surface area contributed by atoms with E-state index in [2.05, 4.69) is 146 Å². The Morgan fingerprint density at radius 3 is 1.74 bits per heavy atom. The zero-order valence-corrected chi connectivity index (χ0v) is 23.1. The summed E-state index contributed by atoms with van der Waals surface area (Å²) in [5.74, 6) is 0.842. The molecule has 0 aliphatic heterocycles. The van der Waals surface area contributed by atoms with Gasteiger partial charge in [0.15, 0.2) is 5.58 Å². The summed E-state index contributed by atoms with van der Waals surface area (Å²) in [6, 6.07) is 59.9. The maximum Gasteiger partial charge on any atom is 0.185 e. The minimum Gasteiger partial charge on any atom is -0.446 e. The van der Waals surface area contributed by atoms with E-state index in [1.807, 2.05) is 12.1 Å². The third-order valence-electron chi connectivity index (χ3n) is 8.57. The van der Waals surface area contributed by atoms with Crippen LogP contribution in [0.2, 0.25) is 0 Å². The van der Waals surface area contributed by atoms with Crippen LogP contribution in [0.4, 0.5) is 0 Å². The van der Waals surface area contributed by atoms with Crippen LogP contribution in [0.1, 0.15) is 0 Å². The molecule has 0 atom stereocenters. The maximum absolute atomic E-state index is 6.86. The van der Waals surface area contributed by atoms with E-state index in [1.54, 1.807) is 0 Å². The molecule has 0 radical (unpaired) electrons. The Hall–Kier alpha value is -6.02. The standard InChI is InChI=1S/C42H22O/c1-2-14-27(15-3-1)39-32-20-8-10-22-34(32)40(35-23-11-9-21-33(35)39)42-41(36-24-12-13-25-38(36)43-42)37-26-28-16-4-5-17-29(28)30-18-6-7-19-31(30)37/h1-4,6-12,14-16,18-24,26H. The van der Waals surface area contributed by atoms with E-state index in [-0.39, 0.29) is 0 Å². The number of furan rings is 1. The molecule has 0 saturated heterocycles. The first-order valence-electron chi connectivity index (χ1n) is 14.4. The van der Waals surface area contributed by atoms with Crippen LogP contribution in [0, 0.1) is 24.3 Å². The van der Waals surface area contributed by atoms with Crippen LogP contribution in [0.25, 0.3) is 87.6 Å². The Labute approximate surface area is 249 Å². The molecule has 43 heavy (non-hydrogen) atoms. The Morgan fingerprint density at radius 2 is 1.02 bits per heavy atom. The van der Waals surface area contributed by atoms with E-state index in [9.17, 15) is 0 Å². The van der Waals surface area contributed by atoms with Crippen LogP contribution in [-0.2, 0) is 0 Å². The molecular weight excluding hydrogens is 520 g/mol. The number of benzene rings is 6. The van der Waals surface area contributed by atoms with Gasteiger partial charge in [0.05, 0.1) is 0 Å². The van der Waals surface area contributed by atoms with Crippen molar-refractivity contribution in [1.29, 1.82) is 0 Å². The van der Waals surface area contributed by atoms with Crippen molar-refractivity contribution in [1.82, 2.24) is 0 Å². The third-order valence-corrected chi connectivity index (χ3v) is 8.57. The second-order valence-corrected chi connectivity index (χ2v) is 10.9. The minimum absolute atomic E-state index is 0.699. The first kappa shape index (κ1) is 23.7. The van der Waals surface area contributed by atoms with E-state index in [1.165, 1.54) is 21.9 Å². The van der Waals surface area contributed by atoms with Crippen LogP contribution in [0.15, 0.2) is 138 Å². The highest BCUT2D eigenvalue weighted by Crippen LogP contribution is 2.50. The summed E-state index contributed by atoms with van der Waals surface area (Å²) in [4.78, 5) is 0. The first-order chi connectivity index (χ1) is 21.4. The zero-order chi connectivity index (χ0) is 28.3. The van der Waals surface area contributed by atoms with Crippen LogP contribution < -0.4 is 0 Å². The highest BCUT2D eigenvalue weighted by molar-refractivity contribution is 6.24. The van der Waals surface area contributed by atoms with Gasteiger partial charge in [-0.2, -0.15) is 0 Å². The molecule has 0 spiro atoms. The summed E-state index contributed by atoms with van der Waals surface area (Å²) in [5.41, 5.74) is 6.40. The lowest BCUT2D eigenvalue weighted by atomic mass is 9.85. The van der Waals surface area contributed by atoms with Gasteiger partial charge in [0.2, 0.25) is 0 Å². The Balaban J connectivity index is 1.48. The van der Waals surface area contributed by atoms with Gasteiger partial charge in [0.25, 0.3) is 0 Å². The Kier molecular flexibility index (Phi) is 5.09. The first-order valence-corrected chi connectivity index (χ1v) is 14.4. The van der Waals surface area contributed by atoms with Gasteiger partial charge in [-0.25, -0.2) is 0 Å². The lowest BCUT2D eigenvalue weighted by Crippen LogP contribution is -1.91. The van der Waals surface area contributed by atoms with Crippen LogP contribution >= 0.6 is 0 Å². The molecule has 9 rings (SSSR count). The molecule has 0 saturated carbocycles. The van der Waals surface area contributed by atoms with E-state index >= 15 is 0 Å². The van der Waals surface area contributed by atoms with Crippen molar-refractivity contribution in [3.05, 3.63) is 158 Å². The summed E-state index contributed by atoms with van der Waals surface area (Å²) >= 11 is 0. The van der Waals surface area contributed by atoms with E-state index < -0.39 is 0 Å². The molecule has 196 valence electrons. The van der Waals surface area contributed by atoms with E-state index in [0.29, 0.717) is 5.58 Å². The highest BCUT2D eigenvalue weighted by atomic mass is 16.3. The predicted octanol–water partition coefficient (Wildman–Crippen LogP) is 11.2. The zero-order valence-electron chi connectivity index (χ0n) is 23.1. The predicted molar refractivity (Wildman–Crippen MR) is 178 cm³/mol. The van der Waals surface area contributed by atoms with Crippen molar-refractivity contribution in [3.63, 3.8) is 0 Å². The summed E-state index contributed by atoms with van der Waals surface area (Å²) in [5, 5.41) is 10.2. The van der Waals surface area contributed by atoms with Gasteiger partial charge in [-0.15, -0.1) is 0 Å². The quantitative estimate of drug-likeness (QED) is 0.202. The van der Waals surface area contributed by atoms with Crippen LogP contribution in [0.5, 0.6) is 0 Å². The van der Waals surface area contributed by atoms with Gasteiger partial charge in [0, 0.05) is 21.9 Å². The number of fused-ring (bicyclic) bond motifs is 6. The lowest BCUT2D eigenvalue weighted by molar-refractivity contribution is 0.634. The SMILES string of the molecule is c1ccc2cc(-c3c(-c4c5ccccc5c(-c5ccccc5)c5ccccc45)oc4c#cccc34)c3ccccc3c2c#1. The minimum atomic E-state index is 0.699. The Morgan fingerprint density at radius 1 is 0.442 bits per heavy atom. The van der Waals surface area contributed by atoms with Gasteiger partial charge < -0.3 is 4.42 Å². The molecule has 1 nitrogen and oxygen atoms in total. The molecule has 0 N–H and O–H groups in total. The molecule has 0 unspecified atom stereocenters. The summed E-state index contributed by atoms with van der Waals surface area (Å²) in [6.45, 7) is 0. The fourth-order valence-electron chi connectivity index (χ4n) is 6.78. The van der Waals surface area contributed by atoms with Crippen molar-refractivity contribution in [2.45, 2.75) is 0 Å². The lowest BCUT2D eigenvalue weighted by Gasteiger charge is -2.17. The van der Waals surface area contributed by atoms with E-state index in [0.717, 1.165) is 60.2 Å². The number of hydrogen-bond acceptors (Lipinski definition) is 1. The maximum atomic E-state index is 6.86. The van der Waals surface area contributed by atoms with Gasteiger partial charge in [-0.05, 0) is 90.8 Å². The van der Waals surface area contributed by atoms with Crippen LogP contribution in [-0.4, -0.2) is 0 Å². The molecule has 0 aliphatic carbocycles. The largest absolute Gasteiger partial charge is 0.446 e. The molecular formula is C42H22O. The van der Waals surface area contributed by atoms with Gasteiger partial charge in [-0.1, -0.05) is 121 Å². The Bertz CT molecular complexity index is 2440. The fraction of sp³-hybridized carbons (Fsp3) is 0. The van der Waals surface area contributed by atoms with Gasteiger partial charge in [0.1, 0.15) is 5.76 Å². The van der Waals surface area contributed by atoms with Crippen molar-refractivity contribution < 1.29 is 4.42 Å². The molecule has 0 bridgehead atoms. The highest BCUT2D eigenvalue weighted by Gasteiger charge is 2.25. The average molecular weight is 543 g/mol. The molecule has 0 aliphatic rings. The van der Waals surface area contributed by atoms with Crippen molar-refractivity contribution in [2.75, 3.05) is 0 Å². The second kappa shape index (κ2) is 9.25. The molecule has 1 heterocycles. The van der Waals surface area contributed by atoms with Crippen LogP contribution in [0.3, 0.4) is 0 Å². The third kappa shape index (κ3) is 3.50. The fourth-order valence-corrected chi connectivity index (χ4v) is 6.78. The molecule has 8 aromatic carbocycles. The van der Waals surface area contributed by atoms with Crippen molar-refractivity contribution >= 4 is 54.1 Å². The number of rotatable bonds is 3. The normalized spacial score (nSPS) is 11.3. The van der Waals surface area contributed by atoms with Gasteiger partial charge >= 0.3 is 0 Å². The molecule has 0 fully saturated rings. The second-order valence-electron chi connectivity index (χ2n) is 10.9.